The quantitative estimate of drug-likeness (QED) is 0.828. The highest BCUT2D eigenvalue weighted by Gasteiger charge is 2.10. The average Bonchev–Trinajstić information content (AvgIpc) is 2.32. The lowest BCUT2D eigenvalue weighted by atomic mass is 10.2. The molecule has 4 heteroatoms. The lowest BCUT2D eigenvalue weighted by Crippen LogP contribution is -2.08. The van der Waals surface area contributed by atoms with Crippen LogP contribution < -0.4 is 5.32 Å². The largest absolute Gasteiger partial charge is 0.369 e. The molecule has 0 aliphatic rings. The second-order valence-corrected chi connectivity index (χ2v) is 4.93. The summed E-state index contributed by atoms with van der Waals surface area (Å²) < 4.78 is 1.03. The van der Waals surface area contributed by atoms with Gasteiger partial charge in [0, 0.05) is 13.0 Å². The summed E-state index contributed by atoms with van der Waals surface area (Å²) in [5.41, 5.74) is 1.13. The standard InChI is InChI=1S/C13H22BrN3/c1-4-7-9-11-16-10(8-5-2)12(14)13(17-11)15-6-3/h4-9H2,1-3H3,(H,15,16,17). The van der Waals surface area contributed by atoms with Crippen LogP contribution in [0.15, 0.2) is 4.47 Å². The minimum Gasteiger partial charge on any atom is -0.369 e. The number of rotatable bonds is 7. The summed E-state index contributed by atoms with van der Waals surface area (Å²) in [6, 6.07) is 0. The summed E-state index contributed by atoms with van der Waals surface area (Å²) in [4.78, 5) is 9.22. The van der Waals surface area contributed by atoms with Gasteiger partial charge < -0.3 is 5.32 Å². The molecule has 0 aliphatic heterocycles. The van der Waals surface area contributed by atoms with Crippen LogP contribution in [0.2, 0.25) is 0 Å². The van der Waals surface area contributed by atoms with E-state index < -0.39 is 0 Å². The van der Waals surface area contributed by atoms with Crippen LogP contribution in [0.4, 0.5) is 5.82 Å². The third-order valence-corrected chi connectivity index (χ3v) is 3.38. The van der Waals surface area contributed by atoms with Crippen LogP contribution in [0.5, 0.6) is 0 Å². The molecule has 0 radical (unpaired) electrons. The maximum atomic E-state index is 4.64. The topological polar surface area (TPSA) is 37.8 Å². The molecule has 1 aromatic heterocycles. The Hall–Kier alpha value is -0.640. The van der Waals surface area contributed by atoms with E-state index in [-0.39, 0.29) is 0 Å². The second kappa shape index (κ2) is 7.64. The molecule has 1 rings (SSSR count). The lowest BCUT2D eigenvalue weighted by molar-refractivity contribution is 0.736. The molecule has 0 bridgehead atoms. The fourth-order valence-electron chi connectivity index (χ4n) is 1.68. The van der Waals surface area contributed by atoms with Gasteiger partial charge >= 0.3 is 0 Å². The van der Waals surface area contributed by atoms with Crippen LogP contribution >= 0.6 is 15.9 Å². The van der Waals surface area contributed by atoms with Gasteiger partial charge in [0.2, 0.25) is 0 Å². The number of nitrogens with zero attached hydrogens (tertiary/aromatic N) is 2. The predicted molar refractivity (Wildman–Crippen MR) is 76.5 cm³/mol. The van der Waals surface area contributed by atoms with E-state index in [1.807, 2.05) is 0 Å². The first kappa shape index (κ1) is 14.4. The molecule has 0 aromatic carbocycles. The van der Waals surface area contributed by atoms with Crippen LogP contribution in [0.25, 0.3) is 0 Å². The van der Waals surface area contributed by atoms with Gasteiger partial charge in [-0.3, -0.25) is 0 Å². The zero-order chi connectivity index (χ0) is 12.7. The van der Waals surface area contributed by atoms with E-state index in [2.05, 4.69) is 52.0 Å². The molecule has 3 nitrogen and oxygen atoms in total. The number of anilines is 1. The molecule has 0 saturated heterocycles. The van der Waals surface area contributed by atoms with Crippen molar-refractivity contribution in [3.05, 3.63) is 16.0 Å². The predicted octanol–water partition coefficient (Wildman–Crippen LogP) is 3.97. The molecule has 0 amide bonds. The fraction of sp³-hybridized carbons (Fsp3) is 0.692. The Bertz CT molecular complexity index is 326. The molecule has 0 aliphatic carbocycles. The maximum Gasteiger partial charge on any atom is 0.144 e. The van der Waals surface area contributed by atoms with Crippen molar-refractivity contribution in [2.24, 2.45) is 0 Å². The van der Waals surface area contributed by atoms with Gasteiger partial charge in [0.15, 0.2) is 0 Å². The van der Waals surface area contributed by atoms with Gasteiger partial charge in [-0.05, 0) is 35.7 Å². The molecular weight excluding hydrogens is 278 g/mol. The van der Waals surface area contributed by atoms with E-state index in [9.17, 15) is 0 Å². The SMILES string of the molecule is CCCCc1nc(CCC)c(Br)c(NCC)n1. The normalized spacial score (nSPS) is 10.6. The van der Waals surface area contributed by atoms with Crippen molar-refractivity contribution in [2.75, 3.05) is 11.9 Å². The van der Waals surface area contributed by atoms with Gasteiger partial charge in [-0.15, -0.1) is 0 Å². The van der Waals surface area contributed by atoms with Crippen molar-refractivity contribution in [1.82, 2.24) is 9.97 Å². The molecule has 0 unspecified atom stereocenters. The van der Waals surface area contributed by atoms with Gasteiger partial charge in [-0.1, -0.05) is 26.7 Å². The van der Waals surface area contributed by atoms with E-state index in [0.717, 1.165) is 54.0 Å². The van der Waals surface area contributed by atoms with E-state index in [4.69, 9.17) is 0 Å². The number of hydrogen-bond donors (Lipinski definition) is 1. The van der Waals surface area contributed by atoms with Gasteiger partial charge in [0.1, 0.15) is 11.6 Å². The molecule has 0 fully saturated rings. The Morgan fingerprint density at radius 2 is 1.82 bits per heavy atom. The van der Waals surface area contributed by atoms with Crippen LogP contribution in [0.1, 0.15) is 51.6 Å². The minimum absolute atomic E-state index is 0.883. The summed E-state index contributed by atoms with van der Waals surface area (Å²) in [5, 5.41) is 3.29. The highest BCUT2D eigenvalue weighted by molar-refractivity contribution is 9.10. The molecule has 0 saturated carbocycles. The first-order valence-electron chi connectivity index (χ1n) is 6.52. The van der Waals surface area contributed by atoms with Gasteiger partial charge in [-0.25, -0.2) is 9.97 Å². The number of hydrogen-bond acceptors (Lipinski definition) is 3. The van der Waals surface area contributed by atoms with Gasteiger partial charge in [0.05, 0.1) is 10.2 Å². The number of halogens is 1. The minimum atomic E-state index is 0.883. The van der Waals surface area contributed by atoms with Crippen LogP contribution in [0, 0.1) is 0 Å². The zero-order valence-corrected chi connectivity index (χ0v) is 12.6. The number of nitrogens with one attached hydrogen (secondary N) is 1. The summed E-state index contributed by atoms with van der Waals surface area (Å²) in [5.74, 6) is 1.91. The van der Waals surface area contributed by atoms with Crippen molar-refractivity contribution in [3.63, 3.8) is 0 Å². The Morgan fingerprint density at radius 3 is 2.41 bits per heavy atom. The highest BCUT2D eigenvalue weighted by atomic mass is 79.9. The van der Waals surface area contributed by atoms with Crippen LogP contribution in [-0.4, -0.2) is 16.5 Å². The van der Waals surface area contributed by atoms with E-state index in [0.29, 0.717) is 0 Å². The van der Waals surface area contributed by atoms with E-state index in [1.165, 1.54) is 6.42 Å². The van der Waals surface area contributed by atoms with Crippen molar-refractivity contribution < 1.29 is 0 Å². The molecule has 96 valence electrons. The van der Waals surface area contributed by atoms with Crippen molar-refractivity contribution in [2.45, 2.75) is 52.9 Å². The third-order valence-electron chi connectivity index (χ3n) is 2.55. The third kappa shape index (κ3) is 4.26. The smallest absolute Gasteiger partial charge is 0.144 e. The summed E-state index contributed by atoms with van der Waals surface area (Å²) in [6.07, 6.45) is 5.41. The van der Waals surface area contributed by atoms with Crippen LogP contribution in [0.3, 0.4) is 0 Å². The molecule has 17 heavy (non-hydrogen) atoms. The Morgan fingerprint density at radius 1 is 1.06 bits per heavy atom. The summed E-state index contributed by atoms with van der Waals surface area (Å²) in [7, 11) is 0. The Kier molecular flexibility index (Phi) is 6.48. The Balaban J connectivity index is 2.98. The Labute approximate surface area is 113 Å². The number of unbranched alkanes of at least 4 members (excludes halogenated alkanes) is 1. The first-order valence-corrected chi connectivity index (χ1v) is 7.31. The van der Waals surface area contributed by atoms with E-state index in [1.54, 1.807) is 0 Å². The lowest BCUT2D eigenvalue weighted by Gasteiger charge is -2.11. The average molecular weight is 300 g/mol. The van der Waals surface area contributed by atoms with Gasteiger partial charge in [-0.2, -0.15) is 0 Å². The molecule has 1 N–H and O–H groups in total. The van der Waals surface area contributed by atoms with Crippen molar-refractivity contribution in [3.8, 4) is 0 Å². The second-order valence-electron chi connectivity index (χ2n) is 4.13. The van der Waals surface area contributed by atoms with E-state index >= 15 is 0 Å². The van der Waals surface area contributed by atoms with Crippen LogP contribution in [-0.2, 0) is 12.8 Å². The fourth-order valence-corrected chi connectivity index (χ4v) is 2.19. The summed E-state index contributed by atoms with van der Waals surface area (Å²) >= 11 is 3.60. The maximum absolute atomic E-state index is 4.64. The number of aromatic nitrogens is 2. The molecule has 1 heterocycles. The van der Waals surface area contributed by atoms with Crippen molar-refractivity contribution in [1.29, 1.82) is 0 Å². The highest BCUT2D eigenvalue weighted by Crippen LogP contribution is 2.25. The van der Waals surface area contributed by atoms with Gasteiger partial charge in [0.25, 0.3) is 0 Å². The monoisotopic (exact) mass is 299 g/mol. The molecule has 1 aromatic rings. The summed E-state index contributed by atoms with van der Waals surface area (Å²) in [6.45, 7) is 7.33. The van der Waals surface area contributed by atoms with Crippen molar-refractivity contribution >= 4 is 21.7 Å². The molecule has 0 atom stereocenters. The zero-order valence-electron chi connectivity index (χ0n) is 11.0. The number of aryl methyl sites for hydroxylation is 2. The first-order chi connectivity index (χ1) is 8.22. The molecule has 0 spiro atoms. The molecular formula is C13H22BrN3.